The predicted octanol–water partition coefficient (Wildman–Crippen LogP) is 5.17. The highest BCUT2D eigenvalue weighted by Crippen LogP contribution is 2.28. The van der Waals surface area contributed by atoms with Gasteiger partial charge < -0.3 is 15.4 Å². The molecule has 0 amide bonds. The van der Waals surface area contributed by atoms with Gasteiger partial charge in [-0.2, -0.15) is 0 Å². The Morgan fingerprint density at radius 2 is 1.89 bits per heavy atom. The number of anilines is 1. The number of carbonyl (C=O) groups is 1. The minimum atomic E-state index is -0.486. The van der Waals surface area contributed by atoms with Crippen LogP contribution in [0.4, 0.5) is 5.69 Å². The molecule has 0 aliphatic carbocycles. The quantitative estimate of drug-likeness (QED) is 0.513. The first-order valence-electron chi connectivity index (χ1n) is 8.74. The molecule has 2 aromatic rings. The summed E-state index contributed by atoms with van der Waals surface area (Å²) in [7, 11) is 1.32. The number of esters is 1. The molecule has 2 rings (SSSR count). The molecule has 6 heteroatoms. The van der Waals surface area contributed by atoms with Crippen LogP contribution in [0.15, 0.2) is 48.5 Å². The second kappa shape index (κ2) is 9.20. The zero-order chi connectivity index (χ0) is 20.0. The van der Waals surface area contributed by atoms with Gasteiger partial charge in [-0.15, -0.1) is 0 Å². The Morgan fingerprint density at radius 1 is 1.22 bits per heavy atom. The molecule has 1 atom stereocenters. The van der Waals surface area contributed by atoms with Crippen LogP contribution in [-0.2, 0) is 10.2 Å². The number of methoxy groups -OCH3 is 1. The fourth-order valence-electron chi connectivity index (χ4n) is 3.08. The van der Waals surface area contributed by atoms with Crippen molar-refractivity contribution >= 4 is 40.6 Å². The molecule has 0 saturated carbocycles. The monoisotopic (exact) mass is 404 g/mol. The van der Waals surface area contributed by atoms with E-state index in [1.54, 1.807) is 18.2 Å². The predicted molar refractivity (Wildman–Crippen MR) is 116 cm³/mol. The molecule has 2 N–H and O–H groups in total. The summed E-state index contributed by atoms with van der Waals surface area (Å²) in [5.41, 5.74) is 2.27. The third-order valence-corrected chi connectivity index (χ3v) is 4.93. The zero-order valence-corrected chi connectivity index (χ0v) is 17.6. The van der Waals surface area contributed by atoms with Crippen molar-refractivity contribution in [2.75, 3.05) is 12.4 Å². The van der Waals surface area contributed by atoms with Crippen LogP contribution in [0.1, 0.15) is 43.1 Å². The molecular formula is C21H25ClN2O2S. The van der Waals surface area contributed by atoms with Crippen LogP contribution in [0.25, 0.3) is 0 Å². The fourth-order valence-corrected chi connectivity index (χ4v) is 3.60. The summed E-state index contributed by atoms with van der Waals surface area (Å²) in [5, 5.41) is 7.23. The molecule has 0 aromatic heterocycles. The van der Waals surface area contributed by atoms with E-state index in [9.17, 15) is 4.79 Å². The summed E-state index contributed by atoms with van der Waals surface area (Å²) in [5.74, 6) is -0.486. The minimum Gasteiger partial charge on any atom is -0.465 e. The van der Waals surface area contributed by atoms with Gasteiger partial charge in [0.05, 0.1) is 17.7 Å². The topological polar surface area (TPSA) is 50.4 Å². The van der Waals surface area contributed by atoms with Crippen LogP contribution < -0.4 is 10.6 Å². The van der Waals surface area contributed by atoms with Gasteiger partial charge in [-0.1, -0.05) is 55.8 Å². The number of ether oxygens (including phenoxy) is 1. The summed E-state index contributed by atoms with van der Waals surface area (Å²) in [6.45, 7) is 6.54. The minimum absolute atomic E-state index is 0.0155. The van der Waals surface area contributed by atoms with Gasteiger partial charge >= 0.3 is 5.97 Å². The lowest BCUT2D eigenvalue weighted by Gasteiger charge is -2.29. The zero-order valence-electron chi connectivity index (χ0n) is 16.0. The van der Waals surface area contributed by atoms with Gasteiger partial charge in [0.1, 0.15) is 0 Å². The molecular weight excluding hydrogens is 380 g/mol. The van der Waals surface area contributed by atoms with E-state index in [1.807, 2.05) is 6.07 Å². The lowest BCUT2D eigenvalue weighted by molar-refractivity contribution is 0.0601. The van der Waals surface area contributed by atoms with Crippen molar-refractivity contribution in [2.24, 2.45) is 0 Å². The molecule has 0 aliphatic heterocycles. The third kappa shape index (κ3) is 5.94. The van der Waals surface area contributed by atoms with Crippen molar-refractivity contribution in [2.45, 2.75) is 38.6 Å². The van der Waals surface area contributed by atoms with Crippen molar-refractivity contribution in [1.29, 1.82) is 0 Å². The summed E-state index contributed by atoms with van der Waals surface area (Å²) in [6, 6.07) is 15.6. The second-order valence-corrected chi connectivity index (χ2v) is 7.96. The Bertz CT molecular complexity index is 809. The summed E-state index contributed by atoms with van der Waals surface area (Å²) >= 11 is 11.5. The Labute approximate surface area is 171 Å². The smallest absolute Gasteiger partial charge is 0.339 e. The first kappa shape index (κ1) is 21.2. The maximum Gasteiger partial charge on any atom is 0.339 e. The highest BCUT2D eigenvalue weighted by atomic mass is 35.5. The van der Waals surface area contributed by atoms with Crippen LogP contribution in [-0.4, -0.2) is 24.2 Å². The first-order chi connectivity index (χ1) is 12.7. The molecule has 0 spiro atoms. The Kier molecular flexibility index (Phi) is 7.22. The summed E-state index contributed by atoms with van der Waals surface area (Å²) in [4.78, 5) is 11.8. The average molecular weight is 405 g/mol. The number of benzene rings is 2. The Balaban J connectivity index is 1.98. The molecule has 1 unspecified atom stereocenters. The number of thiocarbonyl (C=S) groups is 1. The normalized spacial score (nSPS) is 12.2. The molecule has 144 valence electrons. The number of hydrogen-bond donors (Lipinski definition) is 2. The number of nitrogens with one attached hydrogen (secondary N) is 2. The fraction of sp³-hybridized carbons (Fsp3) is 0.333. The van der Waals surface area contributed by atoms with E-state index in [2.05, 4.69) is 55.7 Å². The van der Waals surface area contributed by atoms with Crippen LogP contribution in [0.3, 0.4) is 0 Å². The number of carbonyl (C=O) groups excluding carboxylic acids is 1. The lowest BCUT2D eigenvalue weighted by Crippen LogP contribution is -2.39. The largest absolute Gasteiger partial charge is 0.465 e. The van der Waals surface area contributed by atoms with E-state index in [1.165, 1.54) is 12.7 Å². The molecule has 0 radical (unpaired) electrons. The van der Waals surface area contributed by atoms with Gasteiger partial charge in [0, 0.05) is 11.7 Å². The molecule has 0 saturated heterocycles. The van der Waals surface area contributed by atoms with Crippen molar-refractivity contribution in [3.63, 3.8) is 0 Å². The van der Waals surface area contributed by atoms with E-state index < -0.39 is 5.97 Å². The first-order valence-corrected chi connectivity index (χ1v) is 9.52. The number of halogens is 1. The second-order valence-electron chi connectivity index (χ2n) is 7.14. The van der Waals surface area contributed by atoms with E-state index in [0.29, 0.717) is 21.4 Å². The molecule has 0 fully saturated rings. The van der Waals surface area contributed by atoms with Crippen LogP contribution >= 0.6 is 23.8 Å². The molecule has 27 heavy (non-hydrogen) atoms. The summed E-state index contributed by atoms with van der Waals surface area (Å²) < 4.78 is 4.74. The van der Waals surface area contributed by atoms with Gasteiger partial charge in [0.25, 0.3) is 0 Å². The van der Waals surface area contributed by atoms with E-state index in [4.69, 9.17) is 28.6 Å². The molecule has 0 heterocycles. The van der Waals surface area contributed by atoms with Gasteiger partial charge in [-0.05, 0) is 54.7 Å². The maximum atomic E-state index is 11.8. The molecule has 4 nitrogen and oxygen atoms in total. The van der Waals surface area contributed by atoms with E-state index >= 15 is 0 Å². The van der Waals surface area contributed by atoms with Crippen molar-refractivity contribution in [1.82, 2.24) is 5.32 Å². The van der Waals surface area contributed by atoms with E-state index in [-0.39, 0.29) is 11.5 Å². The summed E-state index contributed by atoms with van der Waals surface area (Å²) in [6.07, 6.45) is 0.910. The number of hydrogen-bond acceptors (Lipinski definition) is 3. The van der Waals surface area contributed by atoms with Crippen LogP contribution in [0.2, 0.25) is 5.02 Å². The van der Waals surface area contributed by atoms with Crippen LogP contribution in [0, 0.1) is 0 Å². The van der Waals surface area contributed by atoms with Gasteiger partial charge in [0.2, 0.25) is 0 Å². The highest BCUT2D eigenvalue weighted by Gasteiger charge is 2.23. The molecule has 0 aliphatic rings. The lowest BCUT2D eigenvalue weighted by atomic mass is 9.79. The molecule has 0 bridgehead atoms. The van der Waals surface area contributed by atoms with E-state index in [0.717, 1.165) is 6.42 Å². The van der Waals surface area contributed by atoms with Crippen molar-refractivity contribution in [3.05, 3.63) is 64.7 Å². The third-order valence-electron chi connectivity index (χ3n) is 4.38. The average Bonchev–Trinajstić information content (AvgIpc) is 2.62. The highest BCUT2D eigenvalue weighted by molar-refractivity contribution is 7.80. The van der Waals surface area contributed by atoms with Crippen molar-refractivity contribution < 1.29 is 9.53 Å². The van der Waals surface area contributed by atoms with Gasteiger partial charge in [-0.3, -0.25) is 0 Å². The SMILES string of the molecule is COC(=O)c1cc(NC(=S)NC(C)CC(C)(C)c2ccccc2)ccc1Cl. The van der Waals surface area contributed by atoms with Crippen LogP contribution in [0.5, 0.6) is 0 Å². The Morgan fingerprint density at radius 3 is 2.52 bits per heavy atom. The number of rotatable bonds is 6. The Hall–Kier alpha value is -2.11. The van der Waals surface area contributed by atoms with Crippen molar-refractivity contribution in [3.8, 4) is 0 Å². The standard InChI is InChI=1S/C21H25ClN2O2S/c1-14(13-21(2,3)15-8-6-5-7-9-15)23-20(27)24-16-10-11-18(22)17(12-16)19(25)26-4/h5-12,14H,13H2,1-4H3,(H2,23,24,27). The van der Waals surface area contributed by atoms with Gasteiger partial charge in [-0.25, -0.2) is 4.79 Å². The maximum absolute atomic E-state index is 11.8. The molecule has 2 aromatic carbocycles. The van der Waals surface area contributed by atoms with Gasteiger partial charge in [0.15, 0.2) is 5.11 Å².